The first kappa shape index (κ1) is 74.3. The third kappa shape index (κ3) is 55.0. The second-order valence-electron chi connectivity index (χ2n) is 25.2. The van der Waals surface area contributed by atoms with Crippen LogP contribution in [0, 0.1) is 0 Å². The molecular formula is C70H144ClN. The monoisotopic (exact) mass is 1030 g/mol. The molecule has 0 saturated carbocycles. The van der Waals surface area contributed by atoms with Gasteiger partial charge in [-0.3, -0.25) is 0 Å². The summed E-state index contributed by atoms with van der Waals surface area (Å²) in [7, 11) is 5.47. The molecule has 0 aromatic carbocycles. The summed E-state index contributed by atoms with van der Waals surface area (Å²) in [6.07, 6.45) is 91.3. The van der Waals surface area contributed by atoms with Gasteiger partial charge in [0.25, 0.3) is 0 Å². The minimum absolute atomic E-state index is 0. The molecule has 2 unspecified atom stereocenters. The number of rotatable bonds is 64. The highest BCUT2D eigenvalue weighted by Gasteiger charge is 2.35. The molecule has 1 nitrogen and oxygen atoms in total. The normalized spacial score (nSPS) is 12.8. The van der Waals surface area contributed by atoms with Gasteiger partial charge in [0.2, 0.25) is 0 Å². The van der Waals surface area contributed by atoms with Gasteiger partial charge in [0.1, 0.15) is 0 Å². The van der Waals surface area contributed by atoms with Crippen molar-refractivity contribution < 1.29 is 16.9 Å². The first-order valence-corrected chi connectivity index (χ1v) is 34.9. The molecule has 0 bridgehead atoms. The molecule has 0 N–H and O–H groups in total. The van der Waals surface area contributed by atoms with E-state index >= 15 is 0 Å². The van der Waals surface area contributed by atoms with Crippen LogP contribution >= 0.6 is 0 Å². The van der Waals surface area contributed by atoms with Crippen molar-refractivity contribution in [1.29, 1.82) is 0 Å². The van der Waals surface area contributed by atoms with Crippen molar-refractivity contribution in [3.05, 3.63) is 0 Å². The summed E-state index contributed by atoms with van der Waals surface area (Å²) >= 11 is 0. The van der Waals surface area contributed by atoms with Crippen molar-refractivity contribution in [2.24, 2.45) is 0 Å². The molecule has 72 heavy (non-hydrogen) atoms. The van der Waals surface area contributed by atoms with Gasteiger partial charge in [-0.15, -0.1) is 0 Å². The maximum atomic E-state index is 2.74. The zero-order chi connectivity index (χ0) is 51.5. The van der Waals surface area contributed by atoms with E-state index in [-0.39, 0.29) is 12.4 Å². The van der Waals surface area contributed by atoms with E-state index < -0.39 is 0 Å². The van der Waals surface area contributed by atoms with Gasteiger partial charge in [-0.1, -0.05) is 374 Å². The van der Waals surface area contributed by atoms with Gasteiger partial charge in [0, 0.05) is 0 Å². The average Bonchev–Trinajstić information content (AvgIpc) is 3.37. The number of unbranched alkanes of at least 4 members (excludes halogenated alkanes) is 54. The minimum Gasteiger partial charge on any atom is -1.00 e. The molecule has 0 spiro atoms. The SMILES string of the molecule is CCCCCCCCCCCCCCCCCC(CCCCCCCCCCCCCCCC)[N+](C)(C)C(CCCCCCCCCCCCCCCC)CCCCCCCCCCCCCCCCC.[Cl-]. The Bertz CT molecular complexity index is 858. The predicted octanol–water partition coefficient (Wildman–Crippen LogP) is 23.1. The van der Waals surface area contributed by atoms with Crippen LogP contribution in [0.1, 0.15) is 426 Å². The Morgan fingerprint density at radius 3 is 0.375 bits per heavy atom. The highest BCUT2D eigenvalue weighted by Crippen LogP contribution is 2.31. The van der Waals surface area contributed by atoms with Crippen molar-refractivity contribution in [3.8, 4) is 0 Å². The first-order chi connectivity index (χ1) is 35.0. The average molecular weight is 1040 g/mol. The molecule has 0 aromatic rings. The number of halogens is 1. The Labute approximate surface area is 466 Å². The zero-order valence-electron chi connectivity index (χ0n) is 51.8. The molecular weight excluding hydrogens is 890 g/mol. The van der Waals surface area contributed by atoms with Gasteiger partial charge < -0.3 is 16.9 Å². The van der Waals surface area contributed by atoms with E-state index in [0.29, 0.717) is 0 Å². The summed E-state index contributed by atoms with van der Waals surface area (Å²) in [6.45, 7) is 9.33. The van der Waals surface area contributed by atoms with Gasteiger partial charge in [0.15, 0.2) is 0 Å². The topological polar surface area (TPSA) is 0 Å². The molecule has 2 heteroatoms. The van der Waals surface area contributed by atoms with Gasteiger partial charge in [-0.05, 0) is 51.4 Å². The number of hydrogen-bond acceptors (Lipinski definition) is 0. The molecule has 0 aliphatic heterocycles. The summed E-state index contributed by atoms with van der Waals surface area (Å²) in [5.41, 5.74) is 0. The van der Waals surface area contributed by atoms with Gasteiger partial charge in [-0.25, -0.2) is 0 Å². The minimum atomic E-state index is 0. The largest absolute Gasteiger partial charge is 1.00 e. The van der Waals surface area contributed by atoms with E-state index in [1.807, 2.05) is 0 Å². The Morgan fingerprint density at radius 2 is 0.264 bits per heavy atom. The molecule has 436 valence electrons. The summed E-state index contributed by atoms with van der Waals surface area (Å²) in [4.78, 5) is 0. The van der Waals surface area contributed by atoms with Crippen LogP contribution in [-0.4, -0.2) is 30.7 Å². The molecule has 0 aliphatic carbocycles. The smallest absolute Gasteiger partial charge is 0.0888 e. The van der Waals surface area contributed by atoms with Crippen LogP contribution in [0.5, 0.6) is 0 Å². The molecule has 0 rings (SSSR count). The van der Waals surface area contributed by atoms with E-state index in [4.69, 9.17) is 0 Å². The van der Waals surface area contributed by atoms with Crippen molar-refractivity contribution in [3.63, 3.8) is 0 Å². The van der Waals surface area contributed by atoms with Gasteiger partial charge >= 0.3 is 0 Å². The fourth-order valence-corrected chi connectivity index (χ4v) is 12.6. The zero-order valence-corrected chi connectivity index (χ0v) is 52.6. The Morgan fingerprint density at radius 1 is 0.167 bits per heavy atom. The van der Waals surface area contributed by atoms with Crippen molar-refractivity contribution in [2.45, 2.75) is 438 Å². The fourth-order valence-electron chi connectivity index (χ4n) is 12.6. The predicted molar refractivity (Wildman–Crippen MR) is 329 cm³/mol. The molecule has 0 aromatic heterocycles. The number of nitrogens with zero attached hydrogens (tertiary/aromatic N) is 1. The van der Waals surface area contributed by atoms with E-state index in [2.05, 4.69) is 41.8 Å². The van der Waals surface area contributed by atoms with Crippen LogP contribution in [0.15, 0.2) is 0 Å². The van der Waals surface area contributed by atoms with E-state index in [1.165, 1.54) is 403 Å². The number of hydrogen-bond donors (Lipinski definition) is 0. The lowest BCUT2D eigenvalue weighted by molar-refractivity contribution is -0.940. The fraction of sp³-hybridized carbons (Fsp3) is 1.00. The highest BCUT2D eigenvalue weighted by atomic mass is 35.5. The van der Waals surface area contributed by atoms with Gasteiger partial charge in [-0.2, -0.15) is 0 Å². The third-order valence-corrected chi connectivity index (χ3v) is 17.9. The first-order valence-electron chi connectivity index (χ1n) is 34.9. The van der Waals surface area contributed by atoms with Crippen molar-refractivity contribution in [1.82, 2.24) is 0 Å². The highest BCUT2D eigenvalue weighted by molar-refractivity contribution is 4.69. The summed E-state index contributed by atoms with van der Waals surface area (Å²) in [5.74, 6) is 0. The van der Waals surface area contributed by atoms with Crippen LogP contribution in [0.3, 0.4) is 0 Å². The second-order valence-corrected chi connectivity index (χ2v) is 25.2. The van der Waals surface area contributed by atoms with Crippen LogP contribution in [0.2, 0.25) is 0 Å². The van der Waals surface area contributed by atoms with Crippen LogP contribution in [0.4, 0.5) is 0 Å². The standard InChI is InChI=1S/C70H144N.ClH/c1-7-11-15-19-23-27-31-35-39-43-47-51-55-59-63-67-69(65-61-57-53-49-45-41-37-33-29-25-21-17-13-9-3)71(5,6)70(66-62-58-54-50-46-42-38-34-30-26-22-18-14-10-4)68-64-60-56-52-48-44-40-36-32-28-24-20-16-12-8-2;/h69-70H,7-68H2,1-6H3;1H/q+1;/p-1. The van der Waals surface area contributed by atoms with Crippen molar-refractivity contribution >= 4 is 0 Å². The summed E-state index contributed by atoms with van der Waals surface area (Å²) < 4.78 is 1.33. The van der Waals surface area contributed by atoms with E-state index in [1.54, 1.807) is 0 Å². The maximum Gasteiger partial charge on any atom is 0.0888 e. The molecule has 0 fully saturated rings. The lowest BCUT2D eigenvalue weighted by Crippen LogP contribution is -3.00. The van der Waals surface area contributed by atoms with Crippen LogP contribution < -0.4 is 12.4 Å². The lowest BCUT2D eigenvalue weighted by Gasteiger charge is -2.45. The molecule has 2 atom stereocenters. The Balaban J connectivity index is 0. The quantitative estimate of drug-likeness (QED) is 0.0421. The molecule has 0 aliphatic rings. The summed E-state index contributed by atoms with van der Waals surface area (Å²) in [5, 5.41) is 0. The van der Waals surface area contributed by atoms with Crippen LogP contribution in [0.25, 0.3) is 0 Å². The molecule has 0 amide bonds. The molecule has 0 radical (unpaired) electrons. The number of quaternary nitrogens is 1. The van der Waals surface area contributed by atoms with Gasteiger partial charge in [0.05, 0.1) is 26.2 Å². The third-order valence-electron chi connectivity index (χ3n) is 17.9. The second kappa shape index (κ2) is 63.8. The summed E-state index contributed by atoms with van der Waals surface area (Å²) in [6, 6.07) is 1.73. The van der Waals surface area contributed by atoms with Crippen molar-refractivity contribution in [2.75, 3.05) is 14.1 Å². The van der Waals surface area contributed by atoms with Crippen LogP contribution in [-0.2, 0) is 0 Å². The molecule has 0 heterocycles. The Hall–Kier alpha value is 0.250. The Kier molecular flexibility index (Phi) is 65.8. The van der Waals surface area contributed by atoms with E-state index in [9.17, 15) is 0 Å². The molecule has 0 saturated heterocycles. The lowest BCUT2D eigenvalue weighted by atomic mass is 9.91. The maximum absolute atomic E-state index is 2.74. The van der Waals surface area contributed by atoms with E-state index in [0.717, 1.165) is 12.1 Å².